The summed E-state index contributed by atoms with van der Waals surface area (Å²) in [7, 11) is 0. The standard InChI is InChI=1S/C13H25N5O5/c1-2-6-22-7-3-15-12(19)10-18(11-13(20)21)5-9-23-8-4-16-17-14/h2-11H2,1H3,(H,15,19)(H,20,21). The first-order chi connectivity index (χ1) is 11.1. The molecule has 0 bridgehead atoms. The van der Waals surface area contributed by atoms with E-state index >= 15 is 0 Å². The van der Waals surface area contributed by atoms with Crippen LogP contribution < -0.4 is 5.32 Å². The average molecular weight is 331 g/mol. The number of azide groups is 1. The molecule has 0 unspecified atom stereocenters. The molecule has 0 aliphatic heterocycles. The van der Waals surface area contributed by atoms with Crippen LogP contribution in [0.25, 0.3) is 10.4 Å². The Hall–Kier alpha value is -1.87. The van der Waals surface area contributed by atoms with Crippen LogP contribution in [0.1, 0.15) is 13.3 Å². The molecule has 10 nitrogen and oxygen atoms in total. The van der Waals surface area contributed by atoms with E-state index in [0.717, 1.165) is 6.42 Å². The fourth-order valence-corrected chi connectivity index (χ4v) is 1.62. The lowest BCUT2D eigenvalue weighted by atomic mass is 10.4. The van der Waals surface area contributed by atoms with Gasteiger partial charge in [-0.1, -0.05) is 12.0 Å². The number of rotatable bonds is 15. The van der Waals surface area contributed by atoms with Crippen LogP contribution in [0.4, 0.5) is 0 Å². The number of hydrogen-bond donors (Lipinski definition) is 2. The van der Waals surface area contributed by atoms with Crippen molar-refractivity contribution in [2.75, 3.05) is 59.2 Å². The molecule has 0 radical (unpaired) electrons. The molecule has 0 atom stereocenters. The Kier molecular flexibility index (Phi) is 13.8. The third kappa shape index (κ3) is 14.8. The van der Waals surface area contributed by atoms with Gasteiger partial charge in [-0.05, 0) is 12.0 Å². The molecular weight excluding hydrogens is 306 g/mol. The Morgan fingerprint density at radius 3 is 2.61 bits per heavy atom. The molecule has 0 saturated heterocycles. The van der Waals surface area contributed by atoms with E-state index in [0.29, 0.717) is 26.3 Å². The van der Waals surface area contributed by atoms with Gasteiger partial charge in [0.1, 0.15) is 0 Å². The first-order valence-electron chi connectivity index (χ1n) is 7.47. The summed E-state index contributed by atoms with van der Waals surface area (Å²) in [6.45, 7) is 4.21. The number of carboxylic acid groups (broad SMARTS) is 1. The topological polar surface area (TPSA) is 137 Å². The predicted molar refractivity (Wildman–Crippen MR) is 83.0 cm³/mol. The third-order valence-electron chi connectivity index (χ3n) is 2.59. The summed E-state index contributed by atoms with van der Waals surface area (Å²) < 4.78 is 10.4. The van der Waals surface area contributed by atoms with E-state index in [1.807, 2.05) is 6.92 Å². The second kappa shape index (κ2) is 15.0. The summed E-state index contributed by atoms with van der Waals surface area (Å²) in [5.74, 6) is -1.28. The summed E-state index contributed by atoms with van der Waals surface area (Å²) in [6, 6.07) is 0. The Morgan fingerprint density at radius 2 is 1.96 bits per heavy atom. The maximum absolute atomic E-state index is 11.7. The van der Waals surface area contributed by atoms with E-state index in [-0.39, 0.29) is 38.8 Å². The van der Waals surface area contributed by atoms with Gasteiger partial charge in [-0.3, -0.25) is 14.5 Å². The second-order valence-corrected chi connectivity index (χ2v) is 4.63. The van der Waals surface area contributed by atoms with E-state index < -0.39 is 5.97 Å². The molecule has 0 fully saturated rings. The molecule has 1 amide bonds. The van der Waals surface area contributed by atoms with E-state index in [1.165, 1.54) is 4.90 Å². The van der Waals surface area contributed by atoms with Crippen molar-refractivity contribution in [2.24, 2.45) is 5.11 Å². The van der Waals surface area contributed by atoms with Crippen molar-refractivity contribution in [2.45, 2.75) is 13.3 Å². The first-order valence-corrected chi connectivity index (χ1v) is 7.47. The number of nitrogens with one attached hydrogen (secondary N) is 1. The molecule has 0 spiro atoms. The van der Waals surface area contributed by atoms with Gasteiger partial charge in [0.05, 0.1) is 32.9 Å². The van der Waals surface area contributed by atoms with Crippen molar-refractivity contribution in [1.29, 1.82) is 0 Å². The molecule has 23 heavy (non-hydrogen) atoms. The number of amides is 1. The van der Waals surface area contributed by atoms with Crippen molar-refractivity contribution < 1.29 is 24.2 Å². The normalized spacial score (nSPS) is 10.3. The molecule has 132 valence electrons. The number of carbonyl (C=O) groups is 2. The van der Waals surface area contributed by atoms with Gasteiger partial charge >= 0.3 is 5.97 Å². The molecule has 0 heterocycles. The van der Waals surface area contributed by atoms with Crippen LogP contribution in [0.15, 0.2) is 5.11 Å². The third-order valence-corrected chi connectivity index (χ3v) is 2.59. The Morgan fingerprint density at radius 1 is 1.22 bits per heavy atom. The van der Waals surface area contributed by atoms with E-state index in [4.69, 9.17) is 20.1 Å². The van der Waals surface area contributed by atoms with E-state index in [2.05, 4.69) is 15.3 Å². The largest absolute Gasteiger partial charge is 0.480 e. The van der Waals surface area contributed by atoms with Crippen molar-refractivity contribution >= 4 is 11.9 Å². The van der Waals surface area contributed by atoms with Gasteiger partial charge in [0.2, 0.25) is 5.91 Å². The number of carboxylic acids is 1. The van der Waals surface area contributed by atoms with Crippen LogP contribution in [0.3, 0.4) is 0 Å². The van der Waals surface area contributed by atoms with Gasteiger partial charge in [-0.25, -0.2) is 0 Å². The molecule has 0 aliphatic carbocycles. The summed E-state index contributed by atoms with van der Waals surface area (Å²) >= 11 is 0. The summed E-state index contributed by atoms with van der Waals surface area (Å²) in [4.78, 5) is 26.6. The SMILES string of the molecule is CCCOCCNC(=O)CN(CCOCCN=[N+]=[N-])CC(=O)O. The van der Waals surface area contributed by atoms with Gasteiger partial charge in [-0.15, -0.1) is 0 Å². The number of ether oxygens (including phenoxy) is 2. The van der Waals surface area contributed by atoms with Crippen LogP contribution in [0.2, 0.25) is 0 Å². The molecule has 0 rings (SSSR count). The fourth-order valence-electron chi connectivity index (χ4n) is 1.62. The van der Waals surface area contributed by atoms with Gasteiger partial charge in [-0.2, -0.15) is 0 Å². The lowest BCUT2D eigenvalue weighted by Crippen LogP contribution is -2.42. The molecule has 0 aromatic heterocycles. The van der Waals surface area contributed by atoms with Gasteiger partial charge in [0.25, 0.3) is 0 Å². The minimum Gasteiger partial charge on any atom is -0.480 e. The Labute approximate surface area is 135 Å². The number of nitrogens with zero attached hydrogens (tertiary/aromatic N) is 4. The van der Waals surface area contributed by atoms with Gasteiger partial charge < -0.3 is 19.9 Å². The van der Waals surface area contributed by atoms with Crippen LogP contribution >= 0.6 is 0 Å². The lowest BCUT2D eigenvalue weighted by molar-refractivity contribution is -0.138. The van der Waals surface area contributed by atoms with Crippen LogP contribution in [-0.2, 0) is 19.1 Å². The number of carbonyl (C=O) groups excluding carboxylic acids is 1. The highest BCUT2D eigenvalue weighted by atomic mass is 16.5. The zero-order valence-electron chi connectivity index (χ0n) is 13.4. The summed E-state index contributed by atoms with van der Waals surface area (Å²) in [5, 5.41) is 14.8. The van der Waals surface area contributed by atoms with Crippen LogP contribution in [-0.4, -0.2) is 81.0 Å². The molecule has 0 saturated carbocycles. The maximum atomic E-state index is 11.7. The molecule has 0 aromatic rings. The highest BCUT2D eigenvalue weighted by Gasteiger charge is 2.13. The van der Waals surface area contributed by atoms with Crippen LogP contribution in [0, 0.1) is 0 Å². The minimum absolute atomic E-state index is 0.0280. The zero-order chi connectivity index (χ0) is 17.3. The van der Waals surface area contributed by atoms with Crippen molar-refractivity contribution in [3.63, 3.8) is 0 Å². The number of aliphatic carboxylic acids is 1. The minimum atomic E-state index is -1.02. The zero-order valence-corrected chi connectivity index (χ0v) is 13.4. The maximum Gasteiger partial charge on any atom is 0.317 e. The molecule has 0 aliphatic rings. The smallest absolute Gasteiger partial charge is 0.317 e. The highest BCUT2D eigenvalue weighted by molar-refractivity contribution is 5.79. The number of hydrogen-bond acceptors (Lipinski definition) is 6. The fraction of sp³-hybridized carbons (Fsp3) is 0.846. The second-order valence-electron chi connectivity index (χ2n) is 4.63. The monoisotopic (exact) mass is 331 g/mol. The quantitative estimate of drug-likeness (QED) is 0.191. The Bertz CT molecular complexity index is 387. The molecular formula is C13H25N5O5. The molecule has 0 aromatic carbocycles. The van der Waals surface area contributed by atoms with Crippen LogP contribution in [0.5, 0.6) is 0 Å². The highest BCUT2D eigenvalue weighted by Crippen LogP contribution is 1.90. The predicted octanol–water partition coefficient (Wildman–Crippen LogP) is 0.243. The summed E-state index contributed by atoms with van der Waals surface area (Å²) in [6.07, 6.45) is 0.917. The van der Waals surface area contributed by atoms with E-state index in [1.54, 1.807) is 0 Å². The van der Waals surface area contributed by atoms with Crippen molar-refractivity contribution in [1.82, 2.24) is 10.2 Å². The van der Waals surface area contributed by atoms with E-state index in [9.17, 15) is 9.59 Å². The van der Waals surface area contributed by atoms with Crippen molar-refractivity contribution in [3.8, 4) is 0 Å². The molecule has 10 heteroatoms. The first kappa shape index (κ1) is 21.1. The average Bonchev–Trinajstić information content (AvgIpc) is 2.49. The summed E-state index contributed by atoms with van der Waals surface area (Å²) in [5.41, 5.74) is 8.10. The molecule has 2 N–H and O–H groups in total. The Balaban J connectivity index is 3.95. The van der Waals surface area contributed by atoms with Gasteiger partial charge in [0, 0.05) is 31.2 Å². The van der Waals surface area contributed by atoms with Crippen molar-refractivity contribution in [3.05, 3.63) is 10.4 Å². The van der Waals surface area contributed by atoms with Gasteiger partial charge in [0.15, 0.2) is 0 Å². The lowest BCUT2D eigenvalue weighted by Gasteiger charge is -2.19.